The van der Waals surface area contributed by atoms with Crippen molar-refractivity contribution in [3.05, 3.63) is 46.2 Å². The van der Waals surface area contributed by atoms with Gasteiger partial charge in [0.1, 0.15) is 5.03 Å². The van der Waals surface area contributed by atoms with Gasteiger partial charge in [-0.2, -0.15) is 9.61 Å². The molecule has 0 spiro atoms. The highest BCUT2D eigenvalue weighted by molar-refractivity contribution is 7.99. The van der Waals surface area contributed by atoms with Crippen molar-refractivity contribution in [2.45, 2.75) is 11.9 Å². The van der Waals surface area contributed by atoms with Crippen molar-refractivity contribution in [2.24, 2.45) is 0 Å². The average Bonchev–Trinajstić information content (AvgIpc) is 2.85. The molecular formula is C14H11Cl2N5OS. The number of amides is 1. The first-order chi connectivity index (χ1) is 11.0. The quantitative estimate of drug-likeness (QED) is 0.714. The molecule has 0 unspecified atom stereocenters. The minimum atomic E-state index is -0.171. The van der Waals surface area contributed by atoms with E-state index in [-0.39, 0.29) is 11.7 Å². The van der Waals surface area contributed by atoms with Crippen molar-refractivity contribution in [3.63, 3.8) is 0 Å². The molecule has 0 saturated carbocycles. The number of carbonyl (C=O) groups excluding carboxylic acids is 1. The first-order valence-electron chi connectivity index (χ1n) is 6.59. The van der Waals surface area contributed by atoms with E-state index in [0.717, 1.165) is 0 Å². The molecule has 3 rings (SSSR count). The lowest BCUT2D eigenvalue weighted by atomic mass is 10.3. The molecule has 0 atom stereocenters. The largest absolute Gasteiger partial charge is 0.325 e. The van der Waals surface area contributed by atoms with Crippen LogP contribution < -0.4 is 5.32 Å². The molecule has 1 amide bonds. The van der Waals surface area contributed by atoms with Gasteiger partial charge in [-0.05, 0) is 37.3 Å². The van der Waals surface area contributed by atoms with Crippen molar-refractivity contribution in [1.29, 1.82) is 0 Å². The van der Waals surface area contributed by atoms with E-state index in [1.807, 2.05) is 13.0 Å². The molecule has 118 valence electrons. The maximum absolute atomic E-state index is 12.0. The van der Waals surface area contributed by atoms with Gasteiger partial charge in [0, 0.05) is 15.7 Å². The number of nitrogens with zero attached hydrogens (tertiary/aromatic N) is 4. The van der Waals surface area contributed by atoms with Crippen LogP contribution in [0.2, 0.25) is 10.0 Å². The summed E-state index contributed by atoms with van der Waals surface area (Å²) in [5.74, 6) is 0.736. The van der Waals surface area contributed by atoms with E-state index in [0.29, 0.717) is 32.2 Å². The van der Waals surface area contributed by atoms with E-state index in [2.05, 4.69) is 20.6 Å². The van der Waals surface area contributed by atoms with Gasteiger partial charge in [-0.3, -0.25) is 4.79 Å². The summed E-state index contributed by atoms with van der Waals surface area (Å²) in [6.07, 6.45) is 0. The van der Waals surface area contributed by atoms with Crippen LogP contribution in [0.4, 0.5) is 5.69 Å². The van der Waals surface area contributed by atoms with Crippen LogP contribution in [-0.4, -0.2) is 31.5 Å². The first kappa shape index (κ1) is 16.0. The summed E-state index contributed by atoms with van der Waals surface area (Å²) in [4.78, 5) is 12.0. The Morgan fingerprint density at radius 2 is 1.96 bits per heavy atom. The lowest BCUT2D eigenvalue weighted by Crippen LogP contribution is -2.14. The molecule has 0 bridgehead atoms. The number of hydrogen-bond donors (Lipinski definition) is 1. The second-order valence-electron chi connectivity index (χ2n) is 4.68. The highest BCUT2D eigenvalue weighted by atomic mass is 35.5. The predicted molar refractivity (Wildman–Crippen MR) is 91.3 cm³/mol. The van der Waals surface area contributed by atoms with Crippen LogP contribution >= 0.6 is 35.0 Å². The van der Waals surface area contributed by atoms with Gasteiger partial charge >= 0.3 is 0 Å². The number of carbonyl (C=O) groups is 1. The molecule has 6 nitrogen and oxygen atoms in total. The van der Waals surface area contributed by atoms with Gasteiger partial charge in [-0.15, -0.1) is 10.2 Å². The Morgan fingerprint density at radius 1 is 1.22 bits per heavy atom. The Kier molecular flexibility index (Phi) is 4.70. The molecule has 0 aliphatic carbocycles. The maximum Gasteiger partial charge on any atom is 0.234 e. The Morgan fingerprint density at radius 3 is 2.70 bits per heavy atom. The fraction of sp³-hybridized carbons (Fsp3) is 0.143. The SMILES string of the molecule is Cc1nnc2ccc(SCC(=O)Nc3cc(Cl)cc(Cl)c3)nn12. The molecule has 0 radical (unpaired) electrons. The van der Waals surface area contributed by atoms with E-state index < -0.39 is 0 Å². The van der Waals surface area contributed by atoms with Gasteiger partial charge in [0.2, 0.25) is 5.91 Å². The van der Waals surface area contributed by atoms with E-state index in [1.54, 1.807) is 28.8 Å². The molecule has 0 aliphatic rings. The number of rotatable bonds is 4. The van der Waals surface area contributed by atoms with Crippen molar-refractivity contribution in [1.82, 2.24) is 19.8 Å². The van der Waals surface area contributed by atoms with Gasteiger partial charge in [0.25, 0.3) is 0 Å². The molecule has 1 N–H and O–H groups in total. The lowest BCUT2D eigenvalue weighted by Gasteiger charge is -2.06. The molecule has 2 heterocycles. The number of aryl methyl sites for hydroxylation is 1. The fourth-order valence-electron chi connectivity index (χ4n) is 1.92. The number of nitrogens with one attached hydrogen (secondary N) is 1. The molecule has 3 aromatic rings. The van der Waals surface area contributed by atoms with Crippen LogP contribution in [0.1, 0.15) is 5.82 Å². The summed E-state index contributed by atoms with van der Waals surface area (Å²) in [6, 6.07) is 8.50. The van der Waals surface area contributed by atoms with E-state index in [4.69, 9.17) is 23.2 Å². The molecule has 23 heavy (non-hydrogen) atoms. The number of anilines is 1. The lowest BCUT2D eigenvalue weighted by molar-refractivity contribution is -0.113. The average molecular weight is 368 g/mol. The third kappa shape index (κ3) is 3.93. The van der Waals surface area contributed by atoms with Crippen molar-refractivity contribution < 1.29 is 4.79 Å². The van der Waals surface area contributed by atoms with Crippen LogP contribution in [0.5, 0.6) is 0 Å². The highest BCUT2D eigenvalue weighted by Crippen LogP contribution is 2.23. The minimum absolute atomic E-state index is 0.171. The molecule has 2 aromatic heterocycles. The normalized spacial score (nSPS) is 10.9. The van der Waals surface area contributed by atoms with Crippen LogP contribution in [0.3, 0.4) is 0 Å². The van der Waals surface area contributed by atoms with Crippen molar-refractivity contribution in [3.8, 4) is 0 Å². The number of halogens is 2. The summed E-state index contributed by atoms with van der Waals surface area (Å²) in [6.45, 7) is 1.82. The zero-order valence-electron chi connectivity index (χ0n) is 12.0. The van der Waals surface area contributed by atoms with E-state index >= 15 is 0 Å². The molecular weight excluding hydrogens is 357 g/mol. The third-order valence-electron chi connectivity index (χ3n) is 2.89. The number of thioether (sulfide) groups is 1. The second-order valence-corrected chi connectivity index (χ2v) is 6.55. The zero-order chi connectivity index (χ0) is 16.4. The van der Waals surface area contributed by atoms with Gasteiger partial charge in [-0.1, -0.05) is 35.0 Å². The third-order valence-corrected chi connectivity index (χ3v) is 4.25. The van der Waals surface area contributed by atoms with Crippen LogP contribution in [0.25, 0.3) is 5.65 Å². The molecule has 1 aromatic carbocycles. The standard InChI is InChI=1S/C14H11Cl2N5OS/c1-8-18-19-12-2-3-14(20-21(8)12)23-7-13(22)17-11-5-9(15)4-10(16)6-11/h2-6H,7H2,1H3,(H,17,22). The van der Waals surface area contributed by atoms with Crippen molar-refractivity contribution in [2.75, 3.05) is 11.1 Å². The molecule has 0 fully saturated rings. The van der Waals surface area contributed by atoms with Gasteiger partial charge < -0.3 is 5.32 Å². The molecule has 9 heteroatoms. The molecule has 0 aliphatic heterocycles. The van der Waals surface area contributed by atoms with Gasteiger partial charge in [0.05, 0.1) is 5.75 Å². The van der Waals surface area contributed by atoms with Crippen LogP contribution in [0.15, 0.2) is 35.4 Å². The summed E-state index contributed by atoms with van der Waals surface area (Å²) in [5, 5.41) is 16.7. The highest BCUT2D eigenvalue weighted by Gasteiger charge is 2.08. The monoisotopic (exact) mass is 367 g/mol. The second kappa shape index (κ2) is 6.74. The zero-order valence-corrected chi connectivity index (χ0v) is 14.3. The summed E-state index contributed by atoms with van der Waals surface area (Å²) in [5.41, 5.74) is 1.23. The Hall–Kier alpha value is -1.83. The van der Waals surface area contributed by atoms with Gasteiger partial charge in [-0.25, -0.2) is 0 Å². The Balaban J connectivity index is 1.64. The predicted octanol–water partition coefficient (Wildman–Crippen LogP) is 3.47. The molecule has 0 saturated heterocycles. The minimum Gasteiger partial charge on any atom is -0.325 e. The number of hydrogen-bond acceptors (Lipinski definition) is 5. The van der Waals surface area contributed by atoms with Crippen LogP contribution in [0, 0.1) is 6.92 Å². The smallest absolute Gasteiger partial charge is 0.234 e. The number of benzene rings is 1. The fourth-order valence-corrected chi connectivity index (χ4v) is 3.10. The summed E-state index contributed by atoms with van der Waals surface area (Å²) in [7, 11) is 0. The van der Waals surface area contributed by atoms with Crippen molar-refractivity contribution >= 4 is 52.2 Å². The summed E-state index contributed by atoms with van der Waals surface area (Å²) >= 11 is 13.1. The first-order valence-corrected chi connectivity index (χ1v) is 8.33. The Bertz CT molecular complexity index is 862. The van der Waals surface area contributed by atoms with E-state index in [1.165, 1.54) is 11.8 Å². The summed E-state index contributed by atoms with van der Waals surface area (Å²) < 4.78 is 1.64. The van der Waals surface area contributed by atoms with Crippen LogP contribution in [-0.2, 0) is 4.79 Å². The topological polar surface area (TPSA) is 72.2 Å². The van der Waals surface area contributed by atoms with Gasteiger partial charge in [0.15, 0.2) is 11.5 Å². The number of fused-ring (bicyclic) bond motifs is 1. The maximum atomic E-state index is 12.0. The Labute approximate surface area is 146 Å². The van der Waals surface area contributed by atoms with E-state index in [9.17, 15) is 4.79 Å². The number of aromatic nitrogens is 4.